The number of benzene rings is 3. The average molecular weight is 399 g/mol. The van der Waals surface area contributed by atoms with Gasteiger partial charge in [-0.25, -0.2) is 19.2 Å². The van der Waals surface area contributed by atoms with Crippen LogP contribution in [0.15, 0.2) is 84.9 Å². The Morgan fingerprint density at radius 1 is 0.900 bits per heavy atom. The highest BCUT2D eigenvalue weighted by Gasteiger charge is 2.13. The number of nitrogens with one attached hydrogen (secondary N) is 1. The van der Waals surface area contributed by atoms with Gasteiger partial charge in [0.2, 0.25) is 0 Å². The van der Waals surface area contributed by atoms with E-state index in [9.17, 15) is 9.18 Å². The molecular formula is C24H18FN3O2. The molecule has 1 aromatic heterocycles. The van der Waals surface area contributed by atoms with Crippen LogP contribution in [0.1, 0.15) is 16.2 Å². The molecule has 1 heterocycles. The molecule has 0 aliphatic heterocycles. The Bertz CT molecular complexity index is 1180. The van der Waals surface area contributed by atoms with Gasteiger partial charge >= 0.3 is 5.97 Å². The number of aryl methyl sites for hydroxylation is 1. The minimum atomic E-state index is -0.743. The van der Waals surface area contributed by atoms with Gasteiger partial charge in [-0.15, -0.1) is 0 Å². The summed E-state index contributed by atoms with van der Waals surface area (Å²) in [5, 5.41) is 3.22. The molecule has 3 aromatic carbocycles. The maximum Gasteiger partial charge on any atom is 0.346 e. The van der Waals surface area contributed by atoms with Gasteiger partial charge in [-0.3, -0.25) is 0 Å². The molecule has 30 heavy (non-hydrogen) atoms. The van der Waals surface area contributed by atoms with Crippen LogP contribution in [0.3, 0.4) is 0 Å². The van der Waals surface area contributed by atoms with Crippen molar-refractivity contribution in [3.05, 3.63) is 102 Å². The highest BCUT2D eigenvalue weighted by atomic mass is 19.1. The van der Waals surface area contributed by atoms with Gasteiger partial charge in [-0.05, 0) is 43.3 Å². The Balaban J connectivity index is 1.48. The number of hydrogen-bond donors (Lipinski definition) is 1. The number of carbonyl (C=O) groups is 1. The summed E-state index contributed by atoms with van der Waals surface area (Å²) in [7, 11) is 0. The van der Waals surface area contributed by atoms with Crippen molar-refractivity contribution in [1.29, 1.82) is 0 Å². The highest BCUT2D eigenvalue weighted by Crippen LogP contribution is 2.24. The molecule has 0 amide bonds. The second-order valence-electron chi connectivity index (χ2n) is 6.57. The van der Waals surface area contributed by atoms with Crippen molar-refractivity contribution < 1.29 is 13.9 Å². The van der Waals surface area contributed by atoms with Crippen LogP contribution in [-0.4, -0.2) is 15.9 Å². The van der Waals surface area contributed by atoms with E-state index in [1.807, 2.05) is 43.3 Å². The van der Waals surface area contributed by atoms with Crippen molar-refractivity contribution in [3.8, 4) is 17.0 Å². The fraction of sp³-hybridized carbons (Fsp3) is 0.0417. The maximum absolute atomic E-state index is 13.7. The third-order valence-corrected chi connectivity index (χ3v) is 4.34. The van der Waals surface area contributed by atoms with Crippen molar-refractivity contribution >= 4 is 17.5 Å². The predicted molar refractivity (Wildman–Crippen MR) is 113 cm³/mol. The quantitative estimate of drug-likeness (QED) is 0.352. The van der Waals surface area contributed by atoms with Crippen LogP contribution in [-0.2, 0) is 0 Å². The van der Waals surface area contributed by atoms with Gasteiger partial charge in [0.25, 0.3) is 0 Å². The van der Waals surface area contributed by atoms with E-state index in [1.54, 1.807) is 30.3 Å². The summed E-state index contributed by atoms with van der Waals surface area (Å²) in [6.45, 7) is 1.84. The molecule has 0 spiro atoms. The number of ether oxygens (including phenoxy) is 1. The molecule has 0 saturated carbocycles. The van der Waals surface area contributed by atoms with Crippen molar-refractivity contribution in [2.45, 2.75) is 6.92 Å². The molecule has 0 aliphatic carbocycles. The van der Waals surface area contributed by atoms with E-state index in [4.69, 9.17) is 4.74 Å². The van der Waals surface area contributed by atoms with E-state index in [0.717, 1.165) is 16.9 Å². The zero-order valence-electron chi connectivity index (χ0n) is 16.2. The Labute approximate surface area is 173 Å². The molecule has 148 valence electrons. The van der Waals surface area contributed by atoms with Crippen LogP contribution in [0, 0.1) is 12.7 Å². The van der Waals surface area contributed by atoms with Crippen molar-refractivity contribution in [2.24, 2.45) is 0 Å². The van der Waals surface area contributed by atoms with Crippen LogP contribution < -0.4 is 10.1 Å². The van der Waals surface area contributed by atoms with Gasteiger partial charge in [0.15, 0.2) is 0 Å². The van der Waals surface area contributed by atoms with Gasteiger partial charge in [-0.1, -0.05) is 42.5 Å². The normalized spacial score (nSPS) is 10.5. The molecule has 0 fully saturated rings. The van der Waals surface area contributed by atoms with Crippen LogP contribution in [0.25, 0.3) is 11.3 Å². The number of rotatable bonds is 5. The summed E-state index contributed by atoms with van der Waals surface area (Å²) in [4.78, 5) is 21.0. The lowest BCUT2D eigenvalue weighted by Crippen LogP contribution is -2.10. The second-order valence-corrected chi connectivity index (χ2v) is 6.57. The fourth-order valence-corrected chi connectivity index (χ4v) is 2.93. The molecule has 1 N–H and O–H groups in total. The van der Waals surface area contributed by atoms with E-state index < -0.39 is 11.8 Å². The third kappa shape index (κ3) is 4.50. The largest absolute Gasteiger partial charge is 0.423 e. The monoisotopic (exact) mass is 399 g/mol. The number of aromatic nitrogens is 2. The molecule has 6 heteroatoms. The Morgan fingerprint density at radius 3 is 2.33 bits per heavy atom. The van der Waals surface area contributed by atoms with Crippen molar-refractivity contribution in [3.63, 3.8) is 0 Å². The van der Waals surface area contributed by atoms with E-state index >= 15 is 0 Å². The standard InChI is InChI=1S/C24H18FN3O2/c1-16-26-22(17-7-3-2-4-8-17)15-23(27-16)28-18-11-13-19(14-12-18)30-24(29)20-9-5-6-10-21(20)25/h2-15H,1H3,(H,26,27,28). The summed E-state index contributed by atoms with van der Waals surface area (Å²) in [5.41, 5.74) is 2.48. The van der Waals surface area contributed by atoms with E-state index in [1.165, 1.54) is 18.2 Å². The maximum atomic E-state index is 13.7. The van der Waals surface area contributed by atoms with E-state index in [2.05, 4.69) is 15.3 Å². The molecule has 5 nitrogen and oxygen atoms in total. The third-order valence-electron chi connectivity index (χ3n) is 4.34. The predicted octanol–water partition coefficient (Wildman–Crippen LogP) is 5.55. The smallest absolute Gasteiger partial charge is 0.346 e. The first-order valence-electron chi connectivity index (χ1n) is 9.33. The molecule has 0 aliphatic rings. The summed E-state index contributed by atoms with van der Waals surface area (Å²) in [6.07, 6.45) is 0. The highest BCUT2D eigenvalue weighted by molar-refractivity contribution is 5.91. The topological polar surface area (TPSA) is 64.1 Å². The Morgan fingerprint density at radius 2 is 1.60 bits per heavy atom. The van der Waals surface area contributed by atoms with E-state index in [-0.39, 0.29) is 5.56 Å². The summed E-state index contributed by atoms with van der Waals surface area (Å²) in [5.74, 6) is 0.256. The molecule has 0 atom stereocenters. The lowest BCUT2D eigenvalue weighted by atomic mass is 10.1. The zero-order valence-corrected chi connectivity index (χ0v) is 16.2. The first kappa shape index (κ1) is 19.3. The summed E-state index contributed by atoms with van der Waals surface area (Å²) >= 11 is 0. The lowest BCUT2D eigenvalue weighted by Gasteiger charge is -2.10. The van der Waals surface area contributed by atoms with Gasteiger partial charge in [-0.2, -0.15) is 0 Å². The molecule has 0 unspecified atom stereocenters. The van der Waals surface area contributed by atoms with Gasteiger partial charge in [0, 0.05) is 17.3 Å². The van der Waals surface area contributed by atoms with E-state index in [0.29, 0.717) is 17.4 Å². The first-order chi connectivity index (χ1) is 14.6. The van der Waals surface area contributed by atoms with Gasteiger partial charge < -0.3 is 10.1 Å². The lowest BCUT2D eigenvalue weighted by molar-refractivity contribution is 0.0730. The SMILES string of the molecule is Cc1nc(Nc2ccc(OC(=O)c3ccccc3F)cc2)cc(-c2ccccc2)n1. The Hall–Kier alpha value is -4.06. The molecule has 4 rings (SSSR count). The molecule has 4 aromatic rings. The minimum Gasteiger partial charge on any atom is -0.423 e. The summed E-state index contributed by atoms with van der Waals surface area (Å²) < 4.78 is 19.0. The number of hydrogen-bond acceptors (Lipinski definition) is 5. The van der Waals surface area contributed by atoms with Crippen LogP contribution in [0.5, 0.6) is 5.75 Å². The zero-order chi connectivity index (χ0) is 20.9. The first-order valence-corrected chi connectivity index (χ1v) is 9.33. The average Bonchev–Trinajstić information content (AvgIpc) is 2.75. The number of esters is 1. The van der Waals surface area contributed by atoms with Crippen molar-refractivity contribution in [2.75, 3.05) is 5.32 Å². The van der Waals surface area contributed by atoms with Crippen LogP contribution in [0.4, 0.5) is 15.9 Å². The minimum absolute atomic E-state index is 0.107. The van der Waals surface area contributed by atoms with Gasteiger partial charge in [0.05, 0.1) is 11.3 Å². The van der Waals surface area contributed by atoms with Crippen LogP contribution >= 0.6 is 0 Å². The van der Waals surface area contributed by atoms with Crippen LogP contribution in [0.2, 0.25) is 0 Å². The number of nitrogens with zero attached hydrogens (tertiary/aromatic N) is 2. The second kappa shape index (κ2) is 8.53. The Kier molecular flexibility index (Phi) is 5.48. The fourth-order valence-electron chi connectivity index (χ4n) is 2.93. The molecule has 0 saturated heterocycles. The molecule has 0 radical (unpaired) electrons. The number of anilines is 2. The number of carbonyl (C=O) groups excluding carboxylic acids is 1. The molecule has 0 bridgehead atoms. The number of halogens is 1. The summed E-state index contributed by atoms with van der Waals surface area (Å²) in [6, 6.07) is 24.2. The molecular weight excluding hydrogens is 381 g/mol. The van der Waals surface area contributed by atoms with Gasteiger partial charge in [0.1, 0.15) is 23.2 Å². The van der Waals surface area contributed by atoms with Crippen molar-refractivity contribution in [1.82, 2.24) is 9.97 Å².